The molecule has 0 bridgehead atoms. The fourth-order valence-electron chi connectivity index (χ4n) is 1.90. The Balaban J connectivity index is 2.17. The van der Waals surface area contributed by atoms with Gasteiger partial charge in [-0.05, 0) is 42.0 Å². The van der Waals surface area contributed by atoms with Crippen molar-refractivity contribution < 1.29 is 4.79 Å². The molecule has 20 heavy (non-hydrogen) atoms. The molecule has 1 unspecified atom stereocenters. The third-order valence-electron chi connectivity index (χ3n) is 2.96. The minimum Gasteiger partial charge on any atom is -0.294 e. The van der Waals surface area contributed by atoms with Crippen LogP contribution in [0.2, 0.25) is 10.0 Å². The maximum Gasteiger partial charge on any atom is 0.164 e. The second-order valence-electron chi connectivity index (χ2n) is 4.37. The van der Waals surface area contributed by atoms with Crippen molar-refractivity contribution in [3.8, 4) is 6.07 Å². The number of nitriles is 1. The molecule has 0 saturated carbocycles. The number of rotatable bonds is 4. The molecule has 2 nitrogen and oxygen atoms in total. The molecule has 4 heteroatoms. The maximum atomic E-state index is 12.2. The minimum absolute atomic E-state index is 0.0896. The van der Waals surface area contributed by atoms with E-state index in [0.717, 1.165) is 5.56 Å². The van der Waals surface area contributed by atoms with Gasteiger partial charge in [-0.25, -0.2) is 0 Å². The van der Waals surface area contributed by atoms with Crippen LogP contribution < -0.4 is 0 Å². The molecule has 0 fully saturated rings. The lowest BCUT2D eigenvalue weighted by Gasteiger charge is -2.09. The van der Waals surface area contributed by atoms with Crippen molar-refractivity contribution in [3.63, 3.8) is 0 Å². The van der Waals surface area contributed by atoms with Gasteiger partial charge in [-0.1, -0.05) is 35.3 Å². The number of halogens is 2. The molecular weight excluding hydrogens is 293 g/mol. The Morgan fingerprint density at radius 3 is 2.40 bits per heavy atom. The lowest BCUT2D eigenvalue weighted by Crippen LogP contribution is -2.06. The van der Waals surface area contributed by atoms with Gasteiger partial charge < -0.3 is 0 Å². The number of nitrogens with zero attached hydrogens (tertiary/aromatic N) is 1. The highest BCUT2D eigenvalue weighted by molar-refractivity contribution is 6.31. The van der Waals surface area contributed by atoms with Crippen LogP contribution in [-0.2, 0) is 0 Å². The molecule has 0 aliphatic carbocycles. The molecule has 0 aromatic heterocycles. The van der Waals surface area contributed by atoms with E-state index in [-0.39, 0.29) is 12.2 Å². The quantitative estimate of drug-likeness (QED) is 0.756. The van der Waals surface area contributed by atoms with Crippen molar-refractivity contribution in [3.05, 3.63) is 69.7 Å². The van der Waals surface area contributed by atoms with Crippen LogP contribution >= 0.6 is 23.2 Å². The van der Waals surface area contributed by atoms with Crippen molar-refractivity contribution in [1.29, 1.82) is 5.26 Å². The number of ketones is 1. The lowest BCUT2D eigenvalue weighted by molar-refractivity contribution is 0.0979. The summed E-state index contributed by atoms with van der Waals surface area (Å²) < 4.78 is 0. The molecule has 1 atom stereocenters. The van der Waals surface area contributed by atoms with Crippen LogP contribution in [0.1, 0.15) is 28.3 Å². The van der Waals surface area contributed by atoms with Crippen molar-refractivity contribution >= 4 is 29.0 Å². The summed E-state index contributed by atoms with van der Waals surface area (Å²) in [6.07, 6.45) is 0.123. The molecule has 0 aliphatic rings. The lowest BCUT2D eigenvalue weighted by atomic mass is 9.93. The van der Waals surface area contributed by atoms with Crippen LogP contribution in [0.3, 0.4) is 0 Å². The third-order valence-corrected chi connectivity index (χ3v) is 3.45. The van der Waals surface area contributed by atoms with Gasteiger partial charge in [0.2, 0.25) is 0 Å². The van der Waals surface area contributed by atoms with E-state index in [4.69, 9.17) is 23.2 Å². The number of Topliss-reactive ketones (excluding diaryl/α,β-unsaturated/α-hetero) is 1. The van der Waals surface area contributed by atoms with Crippen molar-refractivity contribution in [2.24, 2.45) is 0 Å². The first kappa shape index (κ1) is 14.6. The predicted molar refractivity (Wildman–Crippen MR) is 80.2 cm³/mol. The fraction of sp³-hybridized carbons (Fsp3) is 0.125. The largest absolute Gasteiger partial charge is 0.294 e. The molecule has 0 saturated heterocycles. The zero-order valence-electron chi connectivity index (χ0n) is 10.5. The van der Waals surface area contributed by atoms with Gasteiger partial charge in [-0.15, -0.1) is 0 Å². The second kappa shape index (κ2) is 6.56. The molecule has 100 valence electrons. The minimum atomic E-state index is -0.503. The average Bonchev–Trinajstić information content (AvgIpc) is 2.45. The highest BCUT2D eigenvalue weighted by Gasteiger charge is 2.17. The Labute approximate surface area is 127 Å². The third kappa shape index (κ3) is 3.60. The zero-order chi connectivity index (χ0) is 14.5. The van der Waals surface area contributed by atoms with Gasteiger partial charge in [-0.3, -0.25) is 4.79 Å². The Hall–Kier alpha value is -1.82. The summed E-state index contributed by atoms with van der Waals surface area (Å²) >= 11 is 11.7. The molecule has 2 aromatic carbocycles. The summed E-state index contributed by atoms with van der Waals surface area (Å²) in [6.45, 7) is 0. The van der Waals surface area contributed by atoms with Crippen LogP contribution in [0.25, 0.3) is 0 Å². The Morgan fingerprint density at radius 1 is 1.10 bits per heavy atom. The first-order valence-corrected chi connectivity index (χ1v) is 6.79. The van der Waals surface area contributed by atoms with Crippen LogP contribution in [0, 0.1) is 11.3 Å². The van der Waals surface area contributed by atoms with E-state index in [9.17, 15) is 10.1 Å². The van der Waals surface area contributed by atoms with Crippen molar-refractivity contribution in [1.82, 2.24) is 0 Å². The summed E-state index contributed by atoms with van der Waals surface area (Å²) in [5.74, 6) is -0.593. The molecule has 0 heterocycles. The number of hydrogen-bond donors (Lipinski definition) is 0. The molecule has 0 amide bonds. The van der Waals surface area contributed by atoms with Gasteiger partial charge in [-0.2, -0.15) is 5.26 Å². The SMILES string of the molecule is N#CC(CC(=O)c1ccc(Cl)cc1)c1cccc(Cl)c1. The van der Waals surface area contributed by atoms with Crippen LogP contribution in [0.15, 0.2) is 48.5 Å². The summed E-state index contributed by atoms with van der Waals surface area (Å²) in [4.78, 5) is 12.2. The number of carbonyl (C=O) groups is 1. The molecule has 2 aromatic rings. The second-order valence-corrected chi connectivity index (χ2v) is 5.24. The molecule has 0 spiro atoms. The fourth-order valence-corrected chi connectivity index (χ4v) is 2.23. The standard InChI is InChI=1S/C16H11Cl2NO/c17-14-6-4-11(5-7-14)16(20)9-13(10-19)12-2-1-3-15(18)8-12/h1-8,13H,9H2. The van der Waals surface area contributed by atoms with E-state index in [1.54, 1.807) is 48.5 Å². The van der Waals surface area contributed by atoms with E-state index in [2.05, 4.69) is 6.07 Å². The van der Waals surface area contributed by atoms with E-state index in [0.29, 0.717) is 15.6 Å². The average molecular weight is 304 g/mol. The molecule has 0 aliphatic heterocycles. The summed E-state index contributed by atoms with van der Waals surface area (Å²) in [5.41, 5.74) is 1.30. The van der Waals surface area contributed by atoms with Gasteiger partial charge in [0.15, 0.2) is 5.78 Å². The molecule has 0 radical (unpaired) electrons. The van der Waals surface area contributed by atoms with Crippen molar-refractivity contribution in [2.75, 3.05) is 0 Å². The number of benzene rings is 2. The first-order valence-electron chi connectivity index (χ1n) is 6.04. The van der Waals surface area contributed by atoms with E-state index < -0.39 is 5.92 Å². The topological polar surface area (TPSA) is 40.9 Å². The molecular formula is C16H11Cl2NO. The normalized spacial score (nSPS) is 11.7. The van der Waals surface area contributed by atoms with Gasteiger partial charge in [0, 0.05) is 22.0 Å². The summed E-state index contributed by atoms with van der Waals surface area (Å²) in [6, 6.07) is 15.8. The van der Waals surface area contributed by atoms with E-state index in [1.807, 2.05) is 0 Å². The van der Waals surface area contributed by atoms with Crippen LogP contribution in [-0.4, -0.2) is 5.78 Å². The smallest absolute Gasteiger partial charge is 0.164 e. The Morgan fingerprint density at radius 2 is 1.80 bits per heavy atom. The van der Waals surface area contributed by atoms with Crippen molar-refractivity contribution in [2.45, 2.75) is 12.3 Å². The Kier molecular flexibility index (Phi) is 4.79. The maximum absolute atomic E-state index is 12.2. The highest BCUT2D eigenvalue weighted by Crippen LogP contribution is 2.24. The van der Waals surface area contributed by atoms with Crippen LogP contribution in [0.4, 0.5) is 0 Å². The Bertz CT molecular complexity index is 659. The van der Waals surface area contributed by atoms with Crippen LogP contribution in [0.5, 0.6) is 0 Å². The van der Waals surface area contributed by atoms with Gasteiger partial charge >= 0.3 is 0 Å². The van der Waals surface area contributed by atoms with E-state index in [1.165, 1.54) is 0 Å². The molecule has 0 N–H and O–H groups in total. The predicted octanol–water partition coefficient (Wildman–Crippen LogP) is 4.87. The number of carbonyl (C=O) groups excluding carboxylic acids is 1. The summed E-state index contributed by atoms with van der Waals surface area (Å²) in [7, 11) is 0. The highest BCUT2D eigenvalue weighted by atomic mass is 35.5. The van der Waals surface area contributed by atoms with Gasteiger partial charge in [0.1, 0.15) is 0 Å². The van der Waals surface area contributed by atoms with E-state index >= 15 is 0 Å². The first-order chi connectivity index (χ1) is 9.60. The summed E-state index contributed by atoms with van der Waals surface area (Å²) in [5, 5.41) is 10.4. The zero-order valence-corrected chi connectivity index (χ0v) is 12.0. The monoisotopic (exact) mass is 303 g/mol. The number of hydrogen-bond acceptors (Lipinski definition) is 2. The van der Waals surface area contributed by atoms with Gasteiger partial charge in [0.05, 0.1) is 12.0 Å². The molecule has 2 rings (SSSR count). The van der Waals surface area contributed by atoms with Gasteiger partial charge in [0.25, 0.3) is 0 Å².